The standard InChI is InChI=1S/C10H13NO3/c1-3-4-9(12)11-6-5-8(7-11)10(13)14-2/h8H,5-7H2,1-2H3. The zero-order chi connectivity index (χ0) is 10.6. The van der Waals surface area contributed by atoms with Gasteiger partial charge in [0.15, 0.2) is 0 Å². The van der Waals surface area contributed by atoms with E-state index in [4.69, 9.17) is 0 Å². The number of carbonyl (C=O) groups excluding carboxylic acids is 2. The molecule has 0 bridgehead atoms. The fourth-order valence-corrected chi connectivity index (χ4v) is 1.49. The zero-order valence-corrected chi connectivity index (χ0v) is 8.37. The topological polar surface area (TPSA) is 46.6 Å². The van der Waals surface area contributed by atoms with Crippen molar-refractivity contribution in [2.75, 3.05) is 20.2 Å². The molecule has 0 aliphatic carbocycles. The van der Waals surface area contributed by atoms with Crippen molar-refractivity contribution in [1.82, 2.24) is 4.90 Å². The summed E-state index contributed by atoms with van der Waals surface area (Å²) in [5, 5.41) is 0. The zero-order valence-electron chi connectivity index (χ0n) is 8.37. The number of ether oxygens (including phenoxy) is 1. The number of nitrogens with zero attached hydrogens (tertiary/aromatic N) is 1. The molecular weight excluding hydrogens is 182 g/mol. The Hall–Kier alpha value is -1.50. The van der Waals surface area contributed by atoms with Crippen LogP contribution in [0.15, 0.2) is 0 Å². The van der Waals surface area contributed by atoms with E-state index in [1.807, 2.05) is 0 Å². The van der Waals surface area contributed by atoms with Gasteiger partial charge in [0.2, 0.25) is 0 Å². The third-order valence-electron chi connectivity index (χ3n) is 2.24. The van der Waals surface area contributed by atoms with E-state index in [0.29, 0.717) is 19.5 Å². The minimum Gasteiger partial charge on any atom is -0.469 e. The lowest BCUT2D eigenvalue weighted by atomic mass is 10.1. The summed E-state index contributed by atoms with van der Waals surface area (Å²) >= 11 is 0. The molecule has 14 heavy (non-hydrogen) atoms. The fourth-order valence-electron chi connectivity index (χ4n) is 1.49. The van der Waals surface area contributed by atoms with E-state index in [-0.39, 0.29) is 17.8 Å². The molecule has 0 saturated carbocycles. The molecule has 1 amide bonds. The van der Waals surface area contributed by atoms with Crippen LogP contribution < -0.4 is 0 Å². The van der Waals surface area contributed by atoms with Gasteiger partial charge in [0.1, 0.15) is 0 Å². The van der Waals surface area contributed by atoms with E-state index in [1.54, 1.807) is 11.8 Å². The van der Waals surface area contributed by atoms with Crippen LogP contribution in [0.25, 0.3) is 0 Å². The highest BCUT2D eigenvalue weighted by atomic mass is 16.5. The van der Waals surface area contributed by atoms with E-state index in [9.17, 15) is 9.59 Å². The average Bonchev–Trinajstić information content (AvgIpc) is 2.66. The number of methoxy groups -OCH3 is 1. The van der Waals surface area contributed by atoms with Crippen LogP contribution in [0.4, 0.5) is 0 Å². The summed E-state index contributed by atoms with van der Waals surface area (Å²) in [7, 11) is 1.36. The number of esters is 1. The second-order valence-electron chi connectivity index (χ2n) is 3.13. The number of carbonyl (C=O) groups is 2. The van der Waals surface area contributed by atoms with Crippen molar-refractivity contribution in [3.8, 4) is 11.8 Å². The molecule has 0 aromatic rings. The average molecular weight is 195 g/mol. The normalized spacial score (nSPS) is 19.9. The lowest BCUT2D eigenvalue weighted by Crippen LogP contribution is -2.29. The van der Waals surface area contributed by atoms with Crippen molar-refractivity contribution >= 4 is 11.9 Å². The molecule has 0 N–H and O–H groups in total. The van der Waals surface area contributed by atoms with Crippen LogP contribution in [0.2, 0.25) is 0 Å². The predicted octanol–water partition coefficient (Wildman–Crippen LogP) is 0.0312. The van der Waals surface area contributed by atoms with Crippen LogP contribution in [0.1, 0.15) is 13.3 Å². The Balaban J connectivity index is 2.51. The van der Waals surface area contributed by atoms with Crippen LogP contribution in [0, 0.1) is 17.8 Å². The molecule has 0 aromatic carbocycles. The molecule has 1 fully saturated rings. The predicted molar refractivity (Wildman–Crippen MR) is 50.2 cm³/mol. The van der Waals surface area contributed by atoms with Gasteiger partial charge in [-0.1, -0.05) is 5.92 Å². The molecule has 1 aliphatic heterocycles. The monoisotopic (exact) mass is 195 g/mol. The van der Waals surface area contributed by atoms with Gasteiger partial charge < -0.3 is 9.64 Å². The summed E-state index contributed by atoms with van der Waals surface area (Å²) in [6.07, 6.45) is 0.670. The van der Waals surface area contributed by atoms with Gasteiger partial charge in [-0.05, 0) is 19.3 Å². The van der Waals surface area contributed by atoms with Crippen molar-refractivity contribution in [3.63, 3.8) is 0 Å². The van der Waals surface area contributed by atoms with Gasteiger partial charge in [0.05, 0.1) is 13.0 Å². The number of likely N-dealkylation sites (tertiary alicyclic amines) is 1. The van der Waals surface area contributed by atoms with Gasteiger partial charge in [-0.25, -0.2) is 0 Å². The summed E-state index contributed by atoms with van der Waals surface area (Å²) < 4.78 is 4.61. The second kappa shape index (κ2) is 4.66. The van der Waals surface area contributed by atoms with Gasteiger partial charge >= 0.3 is 5.97 Å². The molecule has 1 rings (SSSR count). The molecule has 1 saturated heterocycles. The van der Waals surface area contributed by atoms with Crippen LogP contribution in [0.5, 0.6) is 0 Å². The number of hydrogen-bond acceptors (Lipinski definition) is 3. The maximum atomic E-state index is 11.3. The van der Waals surface area contributed by atoms with E-state index >= 15 is 0 Å². The first-order chi connectivity index (χ1) is 6.69. The molecular formula is C10H13NO3. The largest absolute Gasteiger partial charge is 0.469 e. The van der Waals surface area contributed by atoms with E-state index in [0.717, 1.165) is 0 Å². The first kappa shape index (κ1) is 10.6. The Kier molecular flexibility index (Phi) is 3.52. The van der Waals surface area contributed by atoms with Gasteiger partial charge in [-0.3, -0.25) is 9.59 Å². The highest BCUT2D eigenvalue weighted by molar-refractivity contribution is 5.94. The third-order valence-corrected chi connectivity index (χ3v) is 2.24. The summed E-state index contributed by atoms with van der Waals surface area (Å²) in [6, 6.07) is 0. The van der Waals surface area contributed by atoms with Crippen LogP contribution in [-0.2, 0) is 14.3 Å². The van der Waals surface area contributed by atoms with E-state index < -0.39 is 0 Å². The molecule has 0 aromatic heterocycles. The van der Waals surface area contributed by atoms with Gasteiger partial charge in [-0.2, -0.15) is 0 Å². The summed E-state index contributed by atoms with van der Waals surface area (Å²) in [4.78, 5) is 24.0. The minimum absolute atomic E-state index is 0.178. The Morgan fingerprint density at radius 3 is 2.79 bits per heavy atom. The van der Waals surface area contributed by atoms with Gasteiger partial charge in [0, 0.05) is 13.1 Å². The van der Waals surface area contributed by atoms with Crippen molar-refractivity contribution in [1.29, 1.82) is 0 Å². The first-order valence-corrected chi connectivity index (χ1v) is 4.48. The van der Waals surface area contributed by atoms with Crippen molar-refractivity contribution in [3.05, 3.63) is 0 Å². The van der Waals surface area contributed by atoms with Crippen molar-refractivity contribution in [2.45, 2.75) is 13.3 Å². The van der Waals surface area contributed by atoms with E-state index in [2.05, 4.69) is 16.6 Å². The smallest absolute Gasteiger partial charge is 0.310 e. The molecule has 1 aliphatic rings. The fraction of sp³-hybridized carbons (Fsp3) is 0.600. The molecule has 0 spiro atoms. The molecule has 4 nitrogen and oxygen atoms in total. The lowest BCUT2D eigenvalue weighted by Gasteiger charge is -2.11. The Labute approximate surface area is 83.2 Å². The lowest BCUT2D eigenvalue weighted by molar-refractivity contribution is -0.145. The number of rotatable bonds is 1. The Bertz CT molecular complexity index is 300. The molecule has 0 radical (unpaired) electrons. The summed E-state index contributed by atoms with van der Waals surface area (Å²) in [5.74, 6) is 4.36. The number of hydrogen-bond donors (Lipinski definition) is 0. The van der Waals surface area contributed by atoms with Crippen LogP contribution >= 0.6 is 0 Å². The van der Waals surface area contributed by atoms with Crippen molar-refractivity contribution in [2.24, 2.45) is 5.92 Å². The molecule has 4 heteroatoms. The van der Waals surface area contributed by atoms with Crippen LogP contribution in [-0.4, -0.2) is 37.0 Å². The molecule has 1 atom stereocenters. The third kappa shape index (κ3) is 2.25. The summed E-state index contributed by atoms with van der Waals surface area (Å²) in [5.41, 5.74) is 0. The van der Waals surface area contributed by atoms with Crippen LogP contribution in [0.3, 0.4) is 0 Å². The Morgan fingerprint density at radius 1 is 1.50 bits per heavy atom. The maximum absolute atomic E-state index is 11.3. The first-order valence-electron chi connectivity index (χ1n) is 4.48. The second-order valence-corrected chi connectivity index (χ2v) is 3.13. The van der Waals surface area contributed by atoms with Gasteiger partial charge in [-0.15, -0.1) is 0 Å². The number of amides is 1. The highest BCUT2D eigenvalue weighted by Gasteiger charge is 2.30. The minimum atomic E-state index is -0.246. The molecule has 1 unspecified atom stereocenters. The summed E-state index contributed by atoms with van der Waals surface area (Å²) in [6.45, 7) is 2.64. The van der Waals surface area contributed by atoms with Gasteiger partial charge in [0.25, 0.3) is 5.91 Å². The molecule has 76 valence electrons. The van der Waals surface area contributed by atoms with Crippen molar-refractivity contribution < 1.29 is 14.3 Å². The molecule has 1 heterocycles. The maximum Gasteiger partial charge on any atom is 0.310 e. The quantitative estimate of drug-likeness (QED) is 0.438. The Morgan fingerprint density at radius 2 is 2.21 bits per heavy atom. The van der Waals surface area contributed by atoms with E-state index in [1.165, 1.54) is 7.11 Å². The SMILES string of the molecule is CC#CC(=O)N1CCC(C(=O)OC)C1. The highest BCUT2D eigenvalue weighted by Crippen LogP contribution is 2.17.